The smallest absolute Gasteiger partial charge is 0.244 e. The molecule has 1 aliphatic heterocycles. The van der Waals surface area contributed by atoms with Crippen LogP contribution in [0, 0.1) is 6.92 Å². The third-order valence-corrected chi connectivity index (χ3v) is 4.71. The number of benzene rings is 1. The van der Waals surface area contributed by atoms with E-state index in [9.17, 15) is 4.79 Å². The molecule has 1 atom stereocenters. The summed E-state index contributed by atoms with van der Waals surface area (Å²) < 4.78 is 0. The molecule has 1 saturated heterocycles. The van der Waals surface area contributed by atoms with Gasteiger partial charge in [-0.2, -0.15) is 0 Å². The van der Waals surface area contributed by atoms with Gasteiger partial charge in [0.2, 0.25) is 5.91 Å². The lowest BCUT2D eigenvalue weighted by molar-refractivity contribution is -0.138. The molecule has 1 heterocycles. The Morgan fingerprint density at radius 2 is 1.75 bits per heavy atom. The maximum atomic E-state index is 13.0. The van der Waals surface area contributed by atoms with E-state index in [4.69, 9.17) is 5.11 Å². The second-order valence-electron chi connectivity index (χ2n) is 6.87. The molecule has 0 radical (unpaired) electrons. The summed E-state index contributed by atoms with van der Waals surface area (Å²) >= 11 is 0. The Bertz CT molecular complexity index is 508. The zero-order chi connectivity index (χ0) is 17.5. The Hall–Kier alpha value is -1.43. The fraction of sp³-hybridized carbons (Fsp3) is 0.632. The molecular weight excluding hydrogens is 302 g/mol. The SMILES string of the molecule is Cc1ccc([C@H](C(=O)N2CCN(CCCCO)CC2)N(C)C)cc1. The van der Waals surface area contributed by atoms with E-state index >= 15 is 0 Å². The lowest BCUT2D eigenvalue weighted by Crippen LogP contribution is -2.51. The van der Waals surface area contributed by atoms with E-state index in [1.807, 2.05) is 23.9 Å². The van der Waals surface area contributed by atoms with Gasteiger partial charge < -0.3 is 10.0 Å². The van der Waals surface area contributed by atoms with Crippen molar-refractivity contribution in [1.29, 1.82) is 0 Å². The number of likely N-dealkylation sites (N-methyl/N-ethyl adjacent to an activating group) is 1. The molecule has 5 nitrogen and oxygen atoms in total. The molecule has 24 heavy (non-hydrogen) atoms. The lowest BCUT2D eigenvalue weighted by atomic mass is 10.0. The van der Waals surface area contributed by atoms with Gasteiger partial charge in [0.05, 0.1) is 0 Å². The fourth-order valence-corrected chi connectivity index (χ4v) is 3.22. The predicted molar refractivity (Wildman–Crippen MR) is 96.9 cm³/mol. The van der Waals surface area contributed by atoms with Gasteiger partial charge >= 0.3 is 0 Å². The number of amides is 1. The molecule has 0 unspecified atom stereocenters. The van der Waals surface area contributed by atoms with Crippen molar-refractivity contribution in [3.8, 4) is 0 Å². The van der Waals surface area contributed by atoms with Gasteiger partial charge in [0.1, 0.15) is 6.04 Å². The summed E-state index contributed by atoms with van der Waals surface area (Å²) in [5.74, 6) is 0.193. The Kier molecular flexibility index (Phi) is 7.21. The van der Waals surface area contributed by atoms with Crippen molar-refractivity contribution in [2.24, 2.45) is 0 Å². The molecule has 1 amide bonds. The molecule has 1 N–H and O–H groups in total. The first-order valence-electron chi connectivity index (χ1n) is 8.88. The van der Waals surface area contributed by atoms with Gasteiger partial charge in [-0.15, -0.1) is 0 Å². The topological polar surface area (TPSA) is 47.0 Å². The van der Waals surface area contributed by atoms with Crippen LogP contribution >= 0.6 is 0 Å². The molecule has 2 rings (SSSR count). The Balaban J connectivity index is 1.95. The number of aryl methyl sites for hydroxylation is 1. The summed E-state index contributed by atoms with van der Waals surface area (Å²) in [7, 11) is 3.93. The van der Waals surface area contributed by atoms with E-state index < -0.39 is 0 Å². The summed E-state index contributed by atoms with van der Waals surface area (Å²) in [4.78, 5) is 19.4. The lowest BCUT2D eigenvalue weighted by Gasteiger charge is -2.37. The summed E-state index contributed by atoms with van der Waals surface area (Å²) in [5.41, 5.74) is 2.26. The van der Waals surface area contributed by atoms with Crippen molar-refractivity contribution in [1.82, 2.24) is 14.7 Å². The average Bonchev–Trinajstić information content (AvgIpc) is 2.57. The quantitative estimate of drug-likeness (QED) is 0.769. The monoisotopic (exact) mass is 333 g/mol. The molecule has 0 aliphatic carbocycles. The number of rotatable bonds is 7. The molecule has 0 spiro atoms. The van der Waals surface area contributed by atoms with E-state index in [-0.39, 0.29) is 18.6 Å². The van der Waals surface area contributed by atoms with Crippen LogP contribution in [0.15, 0.2) is 24.3 Å². The molecule has 0 bridgehead atoms. The summed E-state index contributed by atoms with van der Waals surface area (Å²) in [6.45, 7) is 6.75. The molecule has 1 fully saturated rings. The Morgan fingerprint density at radius 3 is 2.29 bits per heavy atom. The summed E-state index contributed by atoms with van der Waals surface area (Å²) in [5, 5.41) is 8.87. The molecule has 1 aliphatic rings. The highest BCUT2D eigenvalue weighted by Crippen LogP contribution is 2.22. The minimum Gasteiger partial charge on any atom is -0.396 e. The summed E-state index contributed by atoms with van der Waals surface area (Å²) in [6, 6.07) is 8.04. The highest BCUT2D eigenvalue weighted by Gasteiger charge is 2.29. The third kappa shape index (κ3) is 5.03. The van der Waals surface area contributed by atoms with Crippen molar-refractivity contribution in [3.05, 3.63) is 35.4 Å². The van der Waals surface area contributed by atoms with Crippen molar-refractivity contribution < 1.29 is 9.90 Å². The first-order chi connectivity index (χ1) is 11.5. The number of carbonyl (C=O) groups excluding carboxylic acids is 1. The van der Waals surface area contributed by atoms with Gasteiger partial charge in [0.25, 0.3) is 0 Å². The number of hydrogen-bond acceptors (Lipinski definition) is 4. The molecule has 1 aromatic rings. The minimum absolute atomic E-state index is 0.193. The number of unbranched alkanes of at least 4 members (excludes halogenated alkanes) is 1. The Morgan fingerprint density at radius 1 is 1.12 bits per heavy atom. The molecular formula is C19H31N3O2. The van der Waals surface area contributed by atoms with Crippen LogP contribution in [0.3, 0.4) is 0 Å². The van der Waals surface area contributed by atoms with Gasteiger partial charge in [-0.1, -0.05) is 29.8 Å². The van der Waals surface area contributed by atoms with E-state index in [0.29, 0.717) is 0 Å². The number of carbonyl (C=O) groups is 1. The second-order valence-corrected chi connectivity index (χ2v) is 6.87. The highest BCUT2D eigenvalue weighted by molar-refractivity contribution is 5.83. The van der Waals surface area contributed by atoms with E-state index in [2.05, 4.69) is 36.1 Å². The fourth-order valence-electron chi connectivity index (χ4n) is 3.22. The van der Waals surface area contributed by atoms with Crippen molar-refractivity contribution in [2.45, 2.75) is 25.8 Å². The van der Waals surface area contributed by atoms with Crippen LogP contribution in [-0.4, -0.2) is 79.1 Å². The molecule has 5 heteroatoms. The van der Waals surface area contributed by atoms with Crippen LogP contribution in [0.5, 0.6) is 0 Å². The molecule has 1 aromatic carbocycles. The van der Waals surface area contributed by atoms with Crippen LogP contribution in [0.25, 0.3) is 0 Å². The molecule has 0 saturated carbocycles. The zero-order valence-corrected chi connectivity index (χ0v) is 15.2. The van der Waals surface area contributed by atoms with Crippen molar-refractivity contribution in [3.63, 3.8) is 0 Å². The summed E-state index contributed by atoms with van der Waals surface area (Å²) in [6.07, 6.45) is 1.88. The van der Waals surface area contributed by atoms with Crippen LogP contribution in [-0.2, 0) is 4.79 Å². The number of nitrogens with zero attached hydrogens (tertiary/aromatic N) is 3. The first kappa shape index (κ1) is 18.9. The van der Waals surface area contributed by atoms with Gasteiger partial charge in [-0.25, -0.2) is 0 Å². The largest absolute Gasteiger partial charge is 0.396 e. The number of aliphatic hydroxyl groups is 1. The third-order valence-electron chi connectivity index (χ3n) is 4.71. The van der Waals surface area contributed by atoms with Crippen LogP contribution in [0.1, 0.15) is 30.0 Å². The van der Waals surface area contributed by atoms with Gasteiger partial charge in [0.15, 0.2) is 0 Å². The molecule has 134 valence electrons. The zero-order valence-electron chi connectivity index (χ0n) is 15.2. The van der Waals surface area contributed by atoms with Crippen molar-refractivity contribution >= 4 is 5.91 Å². The standard InChI is InChI=1S/C19H31N3O2/c1-16-6-8-17(9-7-16)18(20(2)3)19(24)22-13-11-21(12-14-22)10-4-5-15-23/h6-9,18,23H,4-5,10-15H2,1-3H3/t18-/m1/s1. The van der Waals surface area contributed by atoms with Gasteiger partial charge in [-0.05, 0) is 46.0 Å². The van der Waals surface area contributed by atoms with Gasteiger partial charge in [-0.3, -0.25) is 14.6 Å². The predicted octanol–water partition coefficient (Wildman–Crippen LogP) is 1.51. The van der Waals surface area contributed by atoms with E-state index in [0.717, 1.165) is 51.1 Å². The van der Waals surface area contributed by atoms with Crippen molar-refractivity contribution in [2.75, 3.05) is 53.4 Å². The highest BCUT2D eigenvalue weighted by atomic mass is 16.3. The Labute approximate surface area is 145 Å². The van der Waals surface area contributed by atoms with E-state index in [1.165, 1.54) is 5.56 Å². The number of hydrogen-bond donors (Lipinski definition) is 1. The number of aliphatic hydroxyl groups excluding tert-OH is 1. The average molecular weight is 333 g/mol. The van der Waals surface area contributed by atoms with Crippen LogP contribution in [0.4, 0.5) is 0 Å². The second kappa shape index (κ2) is 9.16. The van der Waals surface area contributed by atoms with Crippen LogP contribution in [0.2, 0.25) is 0 Å². The van der Waals surface area contributed by atoms with Crippen LogP contribution < -0.4 is 0 Å². The minimum atomic E-state index is -0.216. The maximum absolute atomic E-state index is 13.0. The van der Waals surface area contributed by atoms with Gasteiger partial charge in [0, 0.05) is 32.8 Å². The first-order valence-corrected chi connectivity index (χ1v) is 8.88. The normalized spacial score (nSPS) is 17.3. The molecule has 0 aromatic heterocycles. The number of piperazine rings is 1. The maximum Gasteiger partial charge on any atom is 0.244 e. The van der Waals surface area contributed by atoms with E-state index in [1.54, 1.807) is 0 Å².